The van der Waals surface area contributed by atoms with Gasteiger partial charge in [0.05, 0.1) is 12.1 Å². The first-order valence-corrected chi connectivity index (χ1v) is 6.71. The normalized spacial score (nSPS) is 16.2. The molecule has 0 unspecified atom stereocenters. The molecule has 2 N–H and O–H groups in total. The molecule has 0 radical (unpaired) electrons. The fourth-order valence-electron chi connectivity index (χ4n) is 1.75. The van der Waals surface area contributed by atoms with Crippen LogP contribution in [0.2, 0.25) is 0 Å². The predicted octanol–water partition coefficient (Wildman–Crippen LogP) is 0.487. The molecule has 1 aliphatic rings. The van der Waals surface area contributed by atoms with Crippen LogP contribution in [-0.4, -0.2) is 41.6 Å². The van der Waals surface area contributed by atoms with Crippen molar-refractivity contribution < 1.29 is 14.7 Å². The SMILES string of the molecule is O=C(O)CCc1csc(N2CCNC(=O)CC2)n1. The van der Waals surface area contributed by atoms with Crippen molar-refractivity contribution in [2.24, 2.45) is 0 Å². The molecule has 7 heteroatoms. The molecule has 2 rings (SSSR count). The van der Waals surface area contributed by atoms with Gasteiger partial charge in [-0.25, -0.2) is 4.98 Å². The first kappa shape index (κ1) is 12.8. The molecule has 2 heterocycles. The lowest BCUT2D eigenvalue weighted by Gasteiger charge is -2.17. The van der Waals surface area contributed by atoms with E-state index in [1.807, 2.05) is 5.38 Å². The summed E-state index contributed by atoms with van der Waals surface area (Å²) < 4.78 is 0. The number of aliphatic carboxylic acids is 1. The number of carboxylic acids is 1. The van der Waals surface area contributed by atoms with Crippen molar-refractivity contribution in [3.8, 4) is 0 Å². The minimum atomic E-state index is -0.811. The number of nitrogens with one attached hydrogen (secondary N) is 1. The summed E-state index contributed by atoms with van der Waals surface area (Å²) in [5, 5.41) is 14.2. The van der Waals surface area contributed by atoms with E-state index >= 15 is 0 Å². The summed E-state index contributed by atoms with van der Waals surface area (Å²) in [5.41, 5.74) is 0.806. The van der Waals surface area contributed by atoms with Crippen LogP contribution in [0.3, 0.4) is 0 Å². The van der Waals surface area contributed by atoms with E-state index in [1.54, 1.807) is 0 Å². The van der Waals surface area contributed by atoms with Gasteiger partial charge in [-0.2, -0.15) is 0 Å². The van der Waals surface area contributed by atoms with Crippen molar-refractivity contribution in [1.29, 1.82) is 0 Å². The number of hydrogen-bond acceptors (Lipinski definition) is 5. The molecule has 0 aromatic carbocycles. The maximum absolute atomic E-state index is 11.2. The van der Waals surface area contributed by atoms with E-state index in [2.05, 4.69) is 15.2 Å². The highest BCUT2D eigenvalue weighted by molar-refractivity contribution is 7.13. The van der Waals surface area contributed by atoms with Crippen LogP contribution >= 0.6 is 11.3 Å². The number of nitrogens with zero attached hydrogens (tertiary/aromatic N) is 2. The highest BCUT2D eigenvalue weighted by Crippen LogP contribution is 2.21. The van der Waals surface area contributed by atoms with Crippen LogP contribution < -0.4 is 10.2 Å². The van der Waals surface area contributed by atoms with Crippen LogP contribution in [0.4, 0.5) is 5.13 Å². The molecule has 0 atom stereocenters. The van der Waals surface area contributed by atoms with E-state index in [0.29, 0.717) is 25.9 Å². The van der Waals surface area contributed by atoms with E-state index in [4.69, 9.17) is 5.11 Å². The number of rotatable bonds is 4. The first-order valence-electron chi connectivity index (χ1n) is 5.83. The number of hydrogen-bond donors (Lipinski definition) is 2. The van der Waals surface area contributed by atoms with Gasteiger partial charge in [0.25, 0.3) is 0 Å². The minimum absolute atomic E-state index is 0.0696. The Hall–Kier alpha value is -1.63. The average Bonchev–Trinajstić information content (AvgIpc) is 2.69. The second-order valence-electron chi connectivity index (χ2n) is 4.10. The second kappa shape index (κ2) is 5.81. The summed E-state index contributed by atoms with van der Waals surface area (Å²) in [7, 11) is 0. The summed E-state index contributed by atoms with van der Waals surface area (Å²) in [4.78, 5) is 28.2. The third-order valence-corrected chi connectivity index (χ3v) is 3.67. The molecule has 0 bridgehead atoms. The van der Waals surface area contributed by atoms with Gasteiger partial charge in [0.2, 0.25) is 5.91 Å². The topological polar surface area (TPSA) is 82.5 Å². The summed E-state index contributed by atoms with van der Waals surface area (Å²) in [6, 6.07) is 0. The standard InChI is InChI=1S/C11H15N3O3S/c15-9-3-5-14(6-4-12-9)11-13-8(7-18-11)1-2-10(16)17/h7H,1-6H2,(H,12,15)(H,16,17). The summed E-state index contributed by atoms with van der Waals surface area (Å²) in [5.74, 6) is -0.741. The van der Waals surface area contributed by atoms with Crippen molar-refractivity contribution in [1.82, 2.24) is 10.3 Å². The molecular weight excluding hydrogens is 254 g/mol. The Balaban J connectivity index is 1.96. The highest BCUT2D eigenvalue weighted by Gasteiger charge is 2.16. The molecule has 0 aliphatic carbocycles. The molecule has 1 aliphatic heterocycles. The first-order chi connectivity index (χ1) is 8.65. The van der Waals surface area contributed by atoms with Gasteiger partial charge in [-0.15, -0.1) is 11.3 Å². The van der Waals surface area contributed by atoms with Crippen LogP contribution in [-0.2, 0) is 16.0 Å². The Morgan fingerprint density at radius 2 is 2.39 bits per heavy atom. The predicted molar refractivity (Wildman–Crippen MR) is 67.9 cm³/mol. The third kappa shape index (κ3) is 3.43. The van der Waals surface area contributed by atoms with E-state index in [1.165, 1.54) is 11.3 Å². The van der Waals surface area contributed by atoms with Gasteiger partial charge < -0.3 is 15.3 Å². The summed E-state index contributed by atoms with van der Waals surface area (Å²) in [6.45, 7) is 2.04. The highest BCUT2D eigenvalue weighted by atomic mass is 32.1. The van der Waals surface area contributed by atoms with Crippen molar-refractivity contribution in [2.45, 2.75) is 19.3 Å². The lowest BCUT2D eigenvalue weighted by molar-refractivity contribution is -0.137. The molecule has 0 saturated carbocycles. The Morgan fingerprint density at radius 1 is 1.56 bits per heavy atom. The molecule has 1 aromatic heterocycles. The number of thiazole rings is 1. The quantitative estimate of drug-likeness (QED) is 0.831. The zero-order chi connectivity index (χ0) is 13.0. The Morgan fingerprint density at radius 3 is 3.17 bits per heavy atom. The van der Waals surface area contributed by atoms with E-state index in [0.717, 1.165) is 17.4 Å². The summed E-state index contributed by atoms with van der Waals surface area (Å²) in [6.07, 6.45) is 1.03. The fraction of sp³-hybridized carbons (Fsp3) is 0.545. The smallest absolute Gasteiger partial charge is 0.303 e. The molecular formula is C11H15N3O3S. The number of carbonyl (C=O) groups excluding carboxylic acids is 1. The molecule has 1 aromatic rings. The zero-order valence-corrected chi connectivity index (χ0v) is 10.7. The zero-order valence-electron chi connectivity index (χ0n) is 9.89. The lowest BCUT2D eigenvalue weighted by atomic mass is 10.2. The van der Waals surface area contributed by atoms with Crippen molar-refractivity contribution in [3.63, 3.8) is 0 Å². The van der Waals surface area contributed by atoms with E-state index in [9.17, 15) is 9.59 Å². The van der Waals surface area contributed by atoms with Crippen molar-refractivity contribution in [3.05, 3.63) is 11.1 Å². The monoisotopic (exact) mass is 269 g/mol. The van der Waals surface area contributed by atoms with Gasteiger partial charge in [-0.3, -0.25) is 9.59 Å². The molecule has 98 valence electrons. The van der Waals surface area contributed by atoms with E-state index in [-0.39, 0.29) is 12.3 Å². The molecule has 6 nitrogen and oxygen atoms in total. The molecule has 1 amide bonds. The molecule has 1 saturated heterocycles. The van der Waals surface area contributed by atoms with Gasteiger partial charge in [0.15, 0.2) is 5.13 Å². The van der Waals surface area contributed by atoms with Gasteiger partial charge in [-0.05, 0) is 0 Å². The van der Waals surface area contributed by atoms with Crippen LogP contribution in [0, 0.1) is 0 Å². The Kier molecular flexibility index (Phi) is 4.14. The number of amides is 1. The second-order valence-corrected chi connectivity index (χ2v) is 4.94. The van der Waals surface area contributed by atoms with Crippen LogP contribution in [0.15, 0.2) is 5.38 Å². The van der Waals surface area contributed by atoms with Crippen LogP contribution in [0.25, 0.3) is 0 Å². The fourth-order valence-corrected chi connectivity index (χ4v) is 2.66. The van der Waals surface area contributed by atoms with Gasteiger partial charge in [0.1, 0.15) is 0 Å². The molecule has 0 spiro atoms. The van der Waals surface area contributed by atoms with Crippen LogP contribution in [0.1, 0.15) is 18.5 Å². The Bertz CT molecular complexity index is 446. The van der Waals surface area contributed by atoms with Gasteiger partial charge in [-0.1, -0.05) is 0 Å². The average molecular weight is 269 g/mol. The maximum Gasteiger partial charge on any atom is 0.303 e. The summed E-state index contributed by atoms with van der Waals surface area (Å²) >= 11 is 1.50. The van der Waals surface area contributed by atoms with Gasteiger partial charge >= 0.3 is 5.97 Å². The number of anilines is 1. The largest absolute Gasteiger partial charge is 0.481 e. The number of carboxylic acid groups (broad SMARTS) is 1. The number of carbonyl (C=O) groups is 2. The number of aromatic nitrogens is 1. The van der Waals surface area contributed by atoms with Crippen molar-refractivity contribution in [2.75, 3.05) is 24.5 Å². The van der Waals surface area contributed by atoms with E-state index < -0.39 is 5.97 Å². The van der Waals surface area contributed by atoms with Gasteiger partial charge in [0, 0.05) is 37.9 Å². The molecule has 1 fully saturated rings. The van der Waals surface area contributed by atoms with Crippen molar-refractivity contribution >= 4 is 28.3 Å². The lowest BCUT2D eigenvalue weighted by Crippen LogP contribution is -2.28. The maximum atomic E-state index is 11.2. The van der Waals surface area contributed by atoms with Crippen LogP contribution in [0.5, 0.6) is 0 Å². The third-order valence-electron chi connectivity index (χ3n) is 2.72. The number of aryl methyl sites for hydroxylation is 1. The molecule has 18 heavy (non-hydrogen) atoms. The Labute approximate surface area is 109 Å². The minimum Gasteiger partial charge on any atom is -0.481 e.